The van der Waals surface area contributed by atoms with Crippen LogP contribution in [0.3, 0.4) is 0 Å². The minimum atomic E-state index is -0.902. The number of nitrogens with two attached hydrogens (primary N) is 1. The predicted octanol–water partition coefficient (Wildman–Crippen LogP) is 2.57. The van der Waals surface area contributed by atoms with E-state index in [4.69, 9.17) is 10.5 Å². The zero-order valence-electron chi connectivity index (χ0n) is 10.9. The van der Waals surface area contributed by atoms with Gasteiger partial charge in [-0.3, -0.25) is 4.21 Å². The third-order valence-corrected chi connectivity index (χ3v) is 4.92. The van der Waals surface area contributed by atoms with E-state index in [0.29, 0.717) is 17.4 Å². The van der Waals surface area contributed by atoms with Crippen molar-refractivity contribution in [2.75, 3.05) is 12.8 Å². The maximum Gasteiger partial charge on any atom is 0.123 e. The Balaban J connectivity index is 2.87. The Hall–Kier alpha value is -1.03. The molecule has 0 aromatic heterocycles. The second kappa shape index (κ2) is 6.05. The molecule has 0 spiro atoms. The van der Waals surface area contributed by atoms with E-state index in [2.05, 4.69) is 13.8 Å². The molecule has 1 aromatic carbocycles. The molecular weight excluding hydrogens is 234 g/mol. The molecule has 0 bridgehead atoms. The van der Waals surface area contributed by atoms with Gasteiger partial charge < -0.3 is 10.5 Å². The van der Waals surface area contributed by atoms with Crippen LogP contribution in [0.2, 0.25) is 0 Å². The highest BCUT2D eigenvalue weighted by molar-refractivity contribution is 7.84. The van der Waals surface area contributed by atoms with E-state index >= 15 is 0 Å². The van der Waals surface area contributed by atoms with Crippen molar-refractivity contribution >= 4 is 16.5 Å². The number of hydrogen-bond donors (Lipinski definition) is 1. The second-order valence-electron chi connectivity index (χ2n) is 4.55. The summed E-state index contributed by atoms with van der Waals surface area (Å²) >= 11 is 0. The van der Waals surface area contributed by atoms with Crippen LogP contribution in [-0.4, -0.2) is 16.6 Å². The summed E-state index contributed by atoms with van der Waals surface area (Å²) in [4.78, 5) is 0. The van der Waals surface area contributed by atoms with Gasteiger partial charge in [0.05, 0.1) is 12.9 Å². The van der Waals surface area contributed by atoms with Crippen LogP contribution in [0.5, 0.6) is 5.75 Å². The molecule has 0 amide bonds. The molecule has 2 atom stereocenters. The SMILES string of the molecule is COc1ccc(N)cc1CS(=O)C(C)C(C)C. The lowest BCUT2D eigenvalue weighted by Crippen LogP contribution is -2.19. The fourth-order valence-electron chi connectivity index (χ4n) is 1.50. The van der Waals surface area contributed by atoms with Crippen molar-refractivity contribution in [2.45, 2.75) is 31.8 Å². The lowest BCUT2D eigenvalue weighted by atomic mass is 10.2. The van der Waals surface area contributed by atoms with Crippen LogP contribution < -0.4 is 10.5 Å². The first-order valence-corrected chi connectivity index (χ1v) is 7.13. The molecule has 0 aliphatic rings. The zero-order chi connectivity index (χ0) is 13.0. The third kappa shape index (κ3) is 3.73. The van der Waals surface area contributed by atoms with Crippen LogP contribution in [0.4, 0.5) is 5.69 Å². The van der Waals surface area contributed by atoms with Crippen LogP contribution in [0, 0.1) is 5.92 Å². The normalized spacial score (nSPS) is 14.6. The quantitative estimate of drug-likeness (QED) is 0.823. The van der Waals surface area contributed by atoms with Crippen molar-refractivity contribution in [3.8, 4) is 5.75 Å². The highest BCUT2D eigenvalue weighted by atomic mass is 32.2. The molecular formula is C13H21NO2S. The number of methoxy groups -OCH3 is 1. The standard InChI is InChI=1S/C13H21NO2S/c1-9(2)10(3)17(15)8-11-7-12(14)5-6-13(11)16-4/h5-7,9-10H,8,14H2,1-4H3. The second-order valence-corrected chi connectivity index (χ2v) is 6.34. The van der Waals surface area contributed by atoms with Crippen LogP contribution in [0.15, 0.2) is 18.2 Å². The summed E-state index contributed by atoms with van der Waals surface area (Å²) < 4.78 is 17.4. The van der Waals surface area contributed by atoms with Crippen LogP contribution >= 0.6 is 0 Å². The summed E-state index contributed by atoms with van der Waals surface area (Å²) in [6, 6.07) is 5.45. The highest BCUT2D eigenvalue weighted by Crippen LogP contribution is 2.24. The Bertz CT molecular complexity index is 404. The molecule has 1 rings (SSSR count). The van der Waals surface area contributed by atoms with Gasteiger partial charge in [-0.25, -0.2) is 0 Å². The first-order valence-electron chi connectivity index (χ1n) is 5.75. The van der Waals surface area contributed by atoms with E-state index in [1.165, 1.54) is 0 Å². The van der Waals surface area contributed by atoms with Gasteiger partial charge in [0.1, 0.15) is 5.75 Å². The Kier molecular flexibility index (Phi) is 5.00. The fraction of sp³-hybridized carbons (Fsp3) is 0.538. The van der Waals surface area contributed by atoms with Gasteiger partial charge >= 0.3 is 0 Å². The molecule has 0 aliphatic carbocycles. The Morgan fingerprint density at radius 2 is 2.00 bits per heavy atom. The maximum absolute atomic E-state index is 12.1. The largest absolute Gasteiger partial charge is 0.496 e. The molecule has 2 unspecified atom stereocenters. The summed E-state index contributed by atoms with van der Waals surface area (Å²) in [6.45, 7) is 6.18. The summed E-state index contributed by atoms with van der Waals surface area (Å²) in [5.74, 6) is 1.65. The van der Waals surface area contributed by atoms with E-state index in [0.717, 1.165) is 11.3 Å². The third-order valence-electron chi connectivity index (χ3n) is 2.96. The van der Waals surface area contributed by atoms with E-state index in [1.54, 1.807) is 13.2 Å². The predicted molar refractivity (Wildman–Crippen MR) is 73.6 cm³/mol. The number of hydrogen-bond acceptors (Lipinski definition) is 3. The van der Waals surface area contributed by atoms with Gasteiger partial charge in [-0.1, -0.05) is 20.8 Å². The average Bonchev–Trinajstić information content (AvgIpc) is 2.28. The van der Waals surface area contributed by atoms with Crippen molar-refractivity contribution in [3.05, 3.63) is 23.8 Å². The summed E-state index contributed by atoms with van der Waals surface area (Å²) in [5, 5.41) is 0.168. The molecule has 0 radical (unpaired) electrons. The van der Waals surface area contributed by atoms with Crippen LogP contribution in [0.25, 0.3) is 0 Å². The summed E-state index contributed by atoms with van der Waals surface area (Å²) in [6.07, 6.45) is 0. The maximum atomic E-state index is 12.1. The molecule has 4 heteroatoms. The van der Waals surface area contributed by atoms with Gasteiger partial charge in [0.2, 0.25) is 0 Å². The average molecular weight is 255 g/mol. The summed E-state index contributed by atoms with van der Waals surface area (Å²) in [7, 11) is 0.713. The molecule has 3 nitrogen and oxygen atoms in total. The molecule has 1 aromatic rings. The lowest BCUT2D eigenvalue weighted by molar-refractivity contribution is 0.411. The lowest BCUT2D eigenvalue weighted by Gasteiger charge is -2.16. The number of benzene rings is 1. The van der Waals surface area contributed by atoms with Crippen LogP contribution in [-0.2, 0) is 16.6 Å². The van der Waals surface area contributed by atoms with Crippen LogP contribution in [0.1, 0.15) is 26.3 Å². The Morgan fingerprint density at radius 1 is 1.35 bits per heavy atom. The van der Waals surface area contributed by atoms with Crippen molar-refractivity contribution in [3.63, 3.8) is 0 Å². The minimum Gasteiger partial charge on any atom is -0.496 e. The van der Waals surface area contributed by atoms with Gasteiger partial charge in [-0.15, -0.1) is 0 Å². The molecule has 0 saturated carbocycles. The minimum absolute atomic E-state index is 0.168. The van der Waals surface area contributed by atoms with Crippen molar-refractivity contribution in [1.82, 2.24) is 0 Å². The van der Waals surface area contributed by atoms with Gasteiger partial charge in [-0.2, -0.15) is 0 Å². The van der Waals surface area contributed by atoms with Crippen molar-refractivity contribution < 1.29 is 8.95 Å². The van der Waals surface area contributed by atoms with Crippen molar-refractivity contribution in [2.24, 2.45) is 5.92 Å². The zero-order valence-corrected chi connectivity index (χ0v) is 11.7. The molecule has 17 heavy (non-hydrogen) atoms. The Morgan fingerprint density at radius 3 is 2.53 bits per heavy atom. The molecule has 0 fully saturated rings. The smallest absolute Gasteiger partial charge is 0.123 e. The summed E-state index contributed by atoms with van der Waals surface area (Å²) in [5.41, 5.74) is 7.33. The van der Waals surface area contributed by atoms with Gasteiger partial charge in [-0.05, 0) is 24.1 Å². The first-order chi connectivity index (χ1) is 7.95. The number of anilines is 1. The van der Waals surface area contributed by atoms with E-state index < -0.39 is 10.8 Å². The molecule has 96 valence electrons. The Labute approximate surface area is 106 Å². The molecule has 0 aliphatic heterocycles. The highest BCUT2D eigenvalue weighted by Gasteiger charge is 2.17. The van der Waals surface area contributed by atoms with Gasteiger partial charge in [0.15, 0.2) is 0 Å². The van der Waals surface area contributed by atoms with Gasteiger partial charge in [0.25, 0.3) is 0 Å². The van der Waals surface area contributed by atoms with E-state index in [1.807, 2.05) is 19.1 Å². The van der Waals surface area contributed by atoms with E-state index in [-0.39, 0.29) is 5.25 Å². The van der Waals surface area contributed by atoms with Crippen molar-refractivity contribution in [1.29, 1.82) is 0 Å². The fourth-order valence-corrected chi connectivity index (χ4v) is 2.90. The van der Waals surface area contributed by atoms with E-state index in [9.17, 15) is 4.21 Å². The number of ether oxygens (including phenoxy) is 1. The van der Waals surface area contributed by atoms with Gasteiger partial charge in [0, 0.05) is 27.3 Å². The number of rotatable bonds is 5. The molecule has 0 heterocycles. The first kappa shape index (κ1) is 14.0. The monoisotopic (exact) mass is 255 g/mol. The number of nitrogen functional groups attached to an aromatic ring is 1. The molecule has 0 saturated heterocycles. The molecule has 2 N–H and O–H groups in total. The topological polar surface area (TPSA) is 52.3 Å².